The van der Waals surface area contributed by atoms with Crippen molar-refractivity contribution in [3.05, 3.63) is 70.8 Å². The second kappa shape index (κ2) is 9.01. The van der Waals surface area contributed by atoms with Crippen molar-refractivity contribution in [3.63, 3.8) is 0 Å². The Kier molecular flexibility index (Phi) is 6.71. The van der Waals surface area contributed by atoms with Gasteiger partial charge in [0, 0.05) is 11.0 Å². The van der Waals surface area contributed by atoms with E-state index in [0.29, 0.717) is 0 Å². The minimum Gasteiger partial charge on any atom is -0.545 e. The van der Waals surface area contributed by atoms with Gasteiger partial charge in [0.1, 0.15) is 0 Å². The van der Waals surface area contributed by atoms with Crippen LogP contribution in [0.1, 0.15) is 55.3 Å². The second-order valence-electron chi connectivity index (χ2n) is 7.00. The van der Waals surface area contributed by atoms with Gasteiger partial charge < -0.3 is 24.5 Å². The van der Waals surface area contributed by atoms with Crippen molar-refractivity contribution in [2.24, 2.45) is 5.41 Å². The lowest BCUT2D eigenvalue weighted by Gasteiger charge is -2.24. The number of rotatable bonds is 8. The summed E-state index contributed by atoms with van der Waals surface area (Å²) in [7, 11) is 0. The van der Waals surface area contributed by atoms with Gasteiger partial charge in [0.2, 0.25) is 0 Å². The molecule has 0 bridgehead atoms. The minimum absolute atomic E-state index is 0.0873. The molecule has 2 aromatic rings. The molecule has 2 aromatic carbocycles. The Morgan fingerprint density at radius 3 is 1.59 bits per heavy atom. The third-order valence-corrected chi connectivity index (χ3v) is 3.93. The molecule has 0 heterocycles. The zero-order valence-corrected chi connectivity index (χ0v) is 15.8. The fraction of sp³-hybridized carbons (Fsp3) is 0.238. The molecule has 0 aromatic heterocycles. The van der Waals surface area contributed by atoms with Gasteiger partial charge in [0.05, 0.1) is 35.9 Å². The molecule has 0 aliphatic rings. The van der Waals surface area contributed by atoms with E-state index in [1.54, 1.807) is 13.8 Å². The van der Waals surface area contributed by atoms with Crippen LogP contribution in [0.3, 0.4) is 0 Å². The molecule has 8 nitrogen and oxygen atoms in total. The molecular weight excluding hydrogens is 380 g/mol. The van der Waals surface area contributed by atoms with Crippen LogP contribution in [-0.4, -0.2) is 42.2 Å². The normalized spacial score (nSPS) is 10.8. The highest BCUT2D eigenvalue weighted by Crippen LogP contribution is 2.20. The highest BCUT2D eigenvalue weighted by atomic mass is 16.5. The summed E-state index contributed by atoms with van der Waals surface area (Å²) in [6, 6.07) is 11.1. The average Bonchev–Trinajstić information content (AvgIpc) is 2.70. The van der Waals surface area contributed by atoms with Gasteiger partial charge >= 0.3 is 17.9 Å². The van der Waals surface area contributed by atoms with Crippen LogP contribution < -0.4 is 5.11 Å². The van der Waals surface area contributed by atoms with E-state index in [9.17, 15) is 24.3 Å². The number of carboxylic acids is 2. The molecule has 2 rings (SSSR count). The molecule has 0 unspecified atom stereocenters. The van der Waals surface area contributed by atoms with E-state index in [1.807, 2.05) is 0 Å². The first-order valence-corrected chi connectivity index (χ1v) is 8.59. The Morgan fingerprint density at radius 1 is 0.793 bits per heavy atom. The molecule has 29 heavy (non-hydrogen) atoms. The van der Waals surface area contributed by atoms with Gasteiger partial charge in [-0.15, -0.1) is 0 Å². The largest absolute Gasteiger partial charge is 0.545 e. The first-order valence-electron chi connectivity index (χ1n) is 8.59. The minimum atomic E-state index is -1.50. The van der Waals surface area contributed by atoms with Crippen molar-refractivity contribution < 1.29 is 38.9 Å². The molecule has 0 saturated heterocycles. The third-order valence-electron chi connectivity index (χ3n) is 3.93. The molecule has 0 radical (unpaired) electrons. The Bertz CT molecular complexity index is 870. The van der Waals surface area contributed by atoms with Gasteiger partial charge in [-0.1, -0.05) is 44.2 Å². The van der Waals surface area contributed by atoms with Gasteiger partial charge in [0.15, 0.2) is 0 Å². The maximum atomic E-state index is 12.2. The van der Waals surface area contributed by atoms with Gasteiger partial charge in [-0.2, -0.15) is 0 Å². The standard InChI is InChI=1S/C21H20O8/c1-21(2,11-28-19(26)15-9-5-3-7-13(15)17(22)23)12-29-20(27)16-10-6-4-8-14(16)18(24)25/h3-10H,11-12H2,1-2H3,(H,22,23)(H,24,25)/p-1. The number of benzene rings is 2. The van der Waals surface area contributed by atoms with Crippen molar-refractivity contribution in [1.82, 2.24) is 0 Å². The Morgan fingerprint density at radius 2 is 1.17 bits per heavy atom. The summed E-state index contributed by atoms with van der Waals surface area (Å²) in [5.74, 6) is -4.41. The molecule has 0 saturated carbocycles. The van der Waals surface area contributed by atoms with Crippen LogP contribution in [0.5, 0.6) is 0 Å². The molecule has 0 fully saturated rings. The van der Waals surface area contributed by atoms with Crippen LogP contribution >= 0.6 is 0 Å². The molecule has 8 heteroatoms. The summed E-state index contributed by atoms with van der Waals surface area (Å²) in [5.41, 5.74) is -1.50. The predicted molar refractivity (Wildman–Crippen MR) is 98.5 cm³/mol. The topological polar surface area (TPSA) is 130 Å². The smallest absolute Gasteiger partial charge is 0.339 e. The molecule has 0 aliphatic heterocycles. The molecule has 0 atom stereocenters. The van der Waals surface area contributed by atoms with Gasteiger partial charge in [-0.3, -0.25) is 0 Å². The lowest BCUT2D eigenvalue weighted by molar-refractivity contribution is -0.255. The van der Waals surface area contributed by atoms with Crippen molar-refractivity contribution in [2.75, 3.05) is 13.2 Å². The summed E-state index contributed by atoms with van der Waals surface area (Å²) < 4.78 is 10.4. The molecule has 152 valence electrons. The first-order chi connectivity index (χ1) is 13.6. The van der Waals surface area contributed by atoms with E-state index in [2.05, 4.69) is 0 Å². The highest BCUT2D eigenvalue weighted by molar-refractivity contribution is 6.02. The first kappa shape index (κ1) is 21.6. The monoisotopic (exact) mass is 399 g/mol. The molecule has 0 aliphatic carbocycles. The summed E-state index contributed by atoms with van der Waals surface area (Å²) in [6.07, 6.45) is 0. The summed E-state index contributed by atoms with van der Waals surface area (Å²) in [4.78, 5) is 46.7. The number of aromatic carboxylic acids is 2. The zero-order chi connectivity index (χ0) is 21.6. The quantitative estimate of drug-likeness (QED) is 0.665. The Hall–Kier alpha value is -3.68. The average molecular weight is 399 g/mol. The third kappa shape index (κ3) is 5.65. The molecule has 0 spiro atoms. The van der Waals surface area contributed by atoms with Crippen LogP contribution in [0.25, 0.3) is 0 Å². The van der Waals surface area contributed by atoms with Gasteiger partial charge in [-0.25, -0.2) is 14.4 Å². The maximum Gasteiger partial charge on any atom is 0.339 e. The fourth-order valence-corrected chi connectivity index (χ4v) is 2.41. The number of carbonyl (C=O) groups is 4. The van der Waals surface area contributed by atoms with Crippen molar-refractivity contribution in [2.45, 2.75) is 13.8 Å². The van der Waals surface area contributed by atoms with E-state index in [-0.39, 0.29) is 35.5 Å². The lowest BCUT2D eigenvalue weighted by atomic mass is 9.96. The molecule has 1 N–H and O–H groups in total. The van der Waals surface area contributed by atoms with E-state index in [1.165, 1.54) is 48.5 Å². The van der Waals surface area contributed by atoms with Crippen molar-refractivity contribution in [1.29, 1.82) is 0 Å². The Labute approximate surface area is 166 Å². The van der Waals surface area contributed by atoms with Crippen LogP contribution in [0, 0.1) is 5.41 Å². The van der Waals surface area contributed by atoms with Crippen molar-refractivity contribution in [3.8, 4) is 0 Å². The summed E-state index contributed by atoms with van der Waals surface area (Å²) >= 11 is 0. The maximum absolute atomic E-state index is 12.2. The van der Waals surface area contributed by atoms with E-state index >= 15 is 0 Å². The number of carboxylic acid groups (broad SMARTS) is 2. The number of hydrogen-bond acceptors (Lipinski definition) is 7. The van der Waals surface area contributed by atoms with Gasteiger partial charge in [0.25, 0.3) is 0 Å². The van der Waals surface area contributed by atoms with Gasteiger partial charge in [-0.05, 0) is 18.2 Å². The van der Waals surface area contributed by atoms with Crippen LogP contribution in [0.15, 0.2) is 48.5 Å². The summed E-state index contributed by atoms with van der Waals surface area (Å²) in [5, 5.41) is 20.2. The summed E-state index contributed by atoms with van der Waals surface area (Å²) in [6.45, 7) is 3.01. The predicted octanol–water partition coefficient (Wildman–Crippen LogP) is 1.79. The van der Waals surface area contributed by atoms with Crippen LogP contribution in [0.4, 0.5) is 0 Å². The van der Waals surface area contributed by atoms with E-state index in [4.69, 9.17) is 14.6 Å². The molecule has 0 amide bonds. The number of ether oxygens (including phenoxy) is 2. The van der Waals surface area contributed by atoms with Crippen LogP contribution in [-0.2, 0) is 9.47 Å². The fourth-order valence-electron chi connectivity index (χ4n) is 2.41. The second-order valence-corrected chi connectivity index (χ2v) is 7.00. The SMILES string of the molecule is CC(C)(COC(=O)c1ccccc1C(=O)[O-])COC(=O)c1ccccc1C(=O)O. The van der Waals surface area contributed by atoms with Crippen LogP contribution in [0.2, 0.25) is 0 Å². The molecular formula is C21H19O8-. The van der Waals surface area contributed by atoms with Crippen molar-refractivity contribution >= 4 is 23.9 Å². The number of hydrogen-bond donors (Lipinski definition) is 1. The zero-order valence-electron chi connectivity index (χ0n) is 15.8. The lowest BCUT2D eigenvalue weighted by Crippen LogP contribution is -2.30. The Balaban J connectivity index is 1.99. The number of esters is 2. The highest BCUT2D eigenvalue weighted by Gasteiger charge is 2.25. The van der Waals surface area contributed by atoms with E-state index in [0.717, 1.165) is 0 Å². The number of carbonyl (C=O) groups excluding carboxylic acids is 3. The van der Waals surface area contributed by atoms with E-state index < -0.39 is 29.3 Å².